The molecule has 0 aromatic heterocycles. The second kappa shape index (κ2) is 8.11. The molecule has 0 saturated heterocycles. The van der Waals surface area contributed by atoms with Crippen LogP contribution >= 0.6 is 0 Å². The van der Waals surface area contributed by atoms with Crippen molar-refractivity contribution >= 4 is 0 Å². The molecule has 19 heavy (non-hydrogen) atoms. The van der Waals surface area contributed by atoms with Crippen LogP contribution in [-0.4, -0.2) is 17.0 Å². The van der Waals surface area contributed by atoms with Gasteiger partial charge in [-0.1, -0.05) is 44.4 Å². The Hall–Kier alpha value is -1.15. The quantitative estimate of drug-likeness (QED) is 0.430. The first-order chi connectivity index (χ1) is 9.42. The Morgan fingerprint density at radius 2 is 1.32 bits per heavy atom. The Labute approximate surface area is 118 Å². The van der Waals surface area contributed by atoms with Crippen molar-refractivity contribution < 1.29 is 0 Å². The van der Waals surface area contributed by atoms with Gasteiger partial charge in [-0.3, -0.25) is 0 Å². The molecule has 0 bridgehead atoms. The SMILES string of the molecule is N#CCCC#CN(C1CCCCC1)C1CCCCC1. The molecule has 2 heteroatoms. The van der Waals surface area contributed by atoms with Crippen LogP contribution in [0.15, 0.2) is 0 Å². The zero-order valence-electron chi connectivity index (χ0n) is 12.0. The number of rotatable bonds is 3. The van der Waals surface area contributed by atoms with Crippen molar-refractivity contribution in [1.82, 2.24) is 4.90 Å². The summed E-state index contributed by atoms with van der Waals surface area (Å²) in [4.78, 5) is 2.50. The highest BCUT2D eigenvalue weighted by atomic mass is 15.2. The summed E-state index contributed by atoms with van der Waals surface area (Å²) in [6.45, 7) is 0. The fourth-order valence-electron chi connectivity index (χ4n) is 3.46. The molecular weight excluding hydrogens is 232 g/mol. The van der Waals surface area contributed by atoms with Gasteiger partial charge < -0.3 is 4.90 Å². The van der Waals surface area contributed by atoms with Crippen LogP contribution in [0.25, 0.3) is 0 Å². The molecule has 0 aliphatic heterocycles. The van der Waals surface area contributed by atoms with Crippen LogP contribution in [0.1, 0.15) is 77.0 Å². The molecule has 0 atom stereocenters. The van der Waals surface area contributed by atoms with Gasteiger partial charge in [0.25, 0.3) is 0 Å². The van der Waals surface area contributed by atoms with Gasteiger partial charge in [0.15, 0.2) is 0 Å². The van der Waals surface area contributed by atoms with E-state index in [9.17, 15) is 0 Å². The molecular formula is C17H26N2. The Bertz CT molecular complexity index is 328. The molecule has 0 spiro atoms. The first-order valence-corrected chi connectivity index (χ1v) is 8.05. The molecule has 0 aromatic carbocycles. The van der Waals surface area contributed by atoms with E-state index in [1.54, 1.807) is 0 Å². The fraction of sp³-hybridized carbons (Fsp3) is 0.824. The van der Waals surface area contributed by atoms with Gasteiger partial charge in [0.2, 0.25) is 0 Å². The van der Waals surface area contributed by atoms with E-state index < -0.39 is 0 Å². The monoisotopic (exact) mass is 258 g/mol. The maximum absolute atomic E-state index is 8.60. The average molecular weight is 258 g/mol. The highest BCUT2D eigenvalue weighted by Gasteiger charge is 2.26. The minimum Gasteiger partial charge on any atom is -0.327 e. The van der Waals surface area contributed by atoms with Crippen LogP contribution < -0.4 is 0 Å². The zero-order chi connectivity index (χ0) is 13.3. The van der Waals surface area contributed by atoms with E-state index in [1.807, 2.05) is 0 Å². The van der Waals surface area contributed by atoms with Crippen LogP contribution in [0.3, 0.4) is 0 Å². The molecule has 2 nitrogen and oxygen atoms in total. The molecule has 2 aliphatic carbocycles. The van der Waals surface area contributed by atoms with Gasteiger partial charge in [-0.05, 0) is 25.7 Å². The lowest BCUT2D eigenvalue weighted by molar-refractivity contribution is 0.145. The van der Waals surface area contributed by atoms with Crippen LogP contribution in [0.5, 0.6) is 0 Å². The van der Waals surface area contributed by atoms with Crippen molar-refractivity contribution in [2.45, 2.75) is 89.1 Å². The van der Waals surface area contributed by atoms with Crippen molar-refractivity contribution in [2.24, 2.45) is 0 Å². The summed E-state index contributed by atoms with van der Waals surface area (Å²) >= 11 is 0. The normalized spacial score (nSPS) is 21.2. The number of nitriles is 1. The smallest absolute Gasteiger partial charge is 0.0631 e. The third-order valence-electron chi connectivity index (χ3n) is 4.51. The topological polar surface area (TPSA) is 27.0 Å². The summed E-state index contributed by atoms with van der Waals surface area (Å²) in [5.74, 6) is 3.23. The Balaban J connectivity index is 1.97. The van der Waals surface area contributed by atoms with Crippen LogP contribution in [-0.2, 0) is 0 Å². The van der Waals surface area contributed by atoms with Crippen molar-refractivity contribution in [2.75, 3.05) is 0 Å². The predicted molar refractivity (Wildman–Crippen MR) is 78.2 cm³/mol. The summed E-state index contributed by atoms with van der Waals surface area (Å²) in [6.07, 6.45) is 14.9. The Kier molecular flexibility index (Phi) is 6.09. The molecule has 0 heterocycles. The predicted octanol–water partition coefficient (Wildman–Crippen LogP) is 4.22. The second-order valence-corrected chi connectivity index (χ2v) is 5.94. The van der Waals surface area contributed by atoms with Gasteiger partial charge in [-0.2, -0.15) is 5.26 Å². The minimum atomic E-state index is 0.566. The van der Waals surface area contributed by atoms with Crippen molar-refractivity contribution in [1.29, 1.82) is 5.26 Å². The van der Waals surface area contributed by atoms with Gasteiger partial charge in [0.05, 0.1) is 6.07 Å². The van der Waals surface area contributed by atoms with Gasteiger partial charge in [0.1, 0.15) is 0 Å². The highest BCUT2D eigenvalue weighted by molar-refractivity contribution is 5.04. The average Bonchev–Trinajstić information content (AvgIpc) is 2.49. The van der Waals surface area contributed by atoms with Crippen LogP contribution in [0.2, 0.25) is 0 Å². The lowest BCUT2D eigenvalue weighted by Crippen LogP contribution is -2.41. The second-order valence-electron chi connectivity index (χ2n) is 5.94. The molecule has 0 amide bonds. The van der Waals surface area contributed by atoms with Gasteiger partial charge in [0, 0.05) is 31.0 Å². The zero-order valence-corrected chi connectivity index (χ0v) is 12.0. The van der Waals surface area contributed by atoms with E-state index in [4.69, 9.17) is 5.26 Å². The van der Waals surface area contributed by atoms with E-state index in [0.29, 0.717) is 18.5 Å². The largest absolute Gasteiger partial charge is 0.327 e. The lowest BCUT2D eigenvalue weighted by atomic mass is 9.89. The molecule has 2 aliphatic rings. The number of hydrogen-bond acceptors (Lipinski definition) is 2. The lowest BCUT2D eigenvalue weighted by Gasteiger charge is -2.39. The first kappa shape index (κ1) is 14.3. The van der Waals surface area contributed by atoms with Crippen molar-refractivity contribution in [3.8, 4) is 18.0 Å². The maximum atomic E-state index is 8.60. The fourth-order valence-corrected chi connectivity index (χ4v) is 3.46. The first-order valence-electron chi connectivity index (χ1n) is 8.05. The number of unbranched alkanes of at least 4 members (excludes halogenated alkanes) is 1. The van der Waals surface area contributed by atoms with E-state index in [2.05, 4.69) is 22.9 Å². The summed E-state index contributed by atoms with van der Waals surface area (Å²) < 4.78 is 0. The third kappa shape index (κ3) is 4.46. The standard InChI is InChI=1S/C17H26N2/c18-14-8-3-9-15-19(16-10-4-1-5-11-16)17-12-6-2-7-13-17/h16-17H,1-8,10-13H2. The summed E-state index contributed by atoms with van der Waals surface area (Å²) in [7, 11) is 0. The minimum absolute atomic E-state index is 0.566. The Morgan fingerprint density at radius 1 is 0.789 bits per heavy atom. The van der Waals surface area contributed by atoms with Gasteiger partial charge in [-0.15, -0.1) is 0 Å². The molecule has 2 rings (SSSR count). The van der Waals surface area contributed by atoms with Gasteiger partial charge in [-0.25, -0.2) is 0 Å². The molecule has 0 N–H and O–H groups in total. The van der Waals surface area contributed by atoms with Crippen molar-refractivity contribution in [3.63, 3.8) is 0 Å². The van der Waals surface area contributed by atoms with E-state index in [1.165, 1.54) is 64.2 Å². The summed E-state index contributed by atoms with van der Waals surface area (Å²) in [5.41, 5.74) is 0. The van der Waals surface area contributed by atoms with E-state index in [0.717, 1.165) is 6.42 Å². The van der Waals surface area contributed by atoms with Gasteiger partial charge >= 0.3 is 0 Å². The third-order valence-corrected chi connectivity index (χ3v) is 4.51. The molecule has 0 aromatic rings. The van der Waals surface area contributed by atoms with Crippen LogP contribution in [0.4, 0.5) is 0 Å². The maximum Gasteiger partial charge on any atom is 0.0631 e. The van der Waals surface area contributed by atoms with Crippen LogP contribution in [0, 0.1) is 23.3 Å². The molecule has 104 valence electrons. The number of nitrogens with zero attached hydrogens (tertiary/aromatic N) is 2. The molecule has 2 fully saturated rings. The van der Waals surface area contributed by atoms with E-state index in [-0.39, 0.29) is 0 Å². The van der Waals surface area contributed by atoms with Crippen molar-refractivity contribution in [3.05, 3.63) is 0 Å². The number of hydrogen-bond donors (Lipinski definition) is 0. The summed E-state index contributed by atoms with van der Waals surface area (Å²) in [6, 6.07) is 6.98. The molecule has 2 saturated carbocycles. The molecule has 0 unspecified atom stereocenters. The highest BCUT2D eigenvalue weighted by Crippen LogP contribution is 2.29. The Morgan fingerprint density at radius 3 is 1.79 bits per heavy atom. The summed E-state index contributed by atoms with van der Waals surface area (Å²) in [5, 5.41) is 8.60. The van der Waals surface area contributed by atoms with E-state index >= 15 is 0 Å². The molecule has 0 radical (unpaired) electrons.